The van der Waals surface area contributed by atoms with Crippen molar-refractivity contribution in [1.82, 2.24) is 15.6 Å². The summed E-state index contributed by atoms with van der Waals surface area (Å²) < 4.78 is 41.6. The van der Waals surface area contributed by atoms with E-state index in [2.05, 4.69) is 30.7 Å². The predicted molar refractivity (Wildman–Crippen MR) is 124 cm³/mol. The number of rotatable bonds is 8. The molecule has 0 atom stereocenters. The van der Waals surface area contributed by atoms with Gasteiger partial charge in [0.1, 0.15) is 11.6 Å². The standard InChI is InChI=1S/C20H24F3N5O2.HI/c1-3-24-19(25-12-11-18(29)28-17-10-6-7-14(2)27-17)26-13-15-8-4-5-9-16(15)30-20(21,22)23;/h4-10H,3,11-13H2,1-2H3,(H2,24,25,26)(H,27,28,29);1H. The molecule has 31 heavy (non-hydrogen) atoms. The highest BCUT2D eigenvalue weighted by Crippen LogP contribution is 2.26. The van der Waals surface area contributed by atoms with Crippen LogP contribution in [0.2, 0.25) is 0 Å². The summed E-state index contributed by atoms with van der Waals surface area (Å²) in [6, 6.07) is 11.1. The summed E-state index contributed by atoms with van der Waals surface area (Å²) >= 11 is 0. The average Bonchev–Trinajstić information content (AvgIpc) is 2.66. The average molecular weight is 551 g/mol. The molecule has 0 aliphatic rings. The van der Waals surface area contributed by atoms with E-state index in [9.17, 15) is 18.0 Å². The van der Waals surface area contributed by atoms with Gasteiger partial charge in [-0.3, -0.25) is 4.79 Å². The van der Waals surface area contributed by atoms with Gasteiger partial charge < -0.3 is 20.7 Å². The molecular formula is C20H25F3IN5O2. The number of hydrogen-bond donors (Lipinski definition) is 3. The molecule has 0 radical (unpaired) electrons. The number of aliphatic imine (C=N–C) groups is 1. The van der Waals surface area contributed by atoms with Crippen LogP contribution < -0.4 is 20.7 Å². The summed E-state index contributed by atoms with van der Waals surface area (Å²) in [5, 5.41) is 8.67. The molecule has 0 saturated heterocycles. The van der Waals surface area contributed by atoms with Gasteiger partial charge in [0, 0.05) is 30.8 Å². The van der Waals surface area contributed by atoms with Crippen LogP contribution in [0.5, 0.6) is 5.75 Å². The molecule has 2 aromatic rings. The number of para-hydroxylation sites is 1. The molecule has 7 nitrogen and oxygen atoms in total. The van der Waals surface area contributed by atoms with Crippen LogP contribution in [-0.2, 0) is 11.3 Å². The zero-order valence-electron chi connectivity index (χ0n) is 17.1. The number of carbonyl (C=O) groups is 1. The first-order valence-electron chi connectivity index (χ1n) is 9.36. The molecular weight excluding hydrogens is 526 g/mol. The van der Waals surface area contributed by atoms with Gasteiger partial charge in [-0.05, 0) is 32.0 Å². The minimum atomic E-state index is -4.78. The normalized spacial score (nSPS) is 11.3. The van der Waals surface area contributed by atoms with Crippen molar-refractivity contribution in [3.63, 3.8) is 0 Å². The first-order valence-corrected chi connectivity index (χ1v) is 9.36. The molecule has 0 bridgehead atoms. The molecule has 3 N–H and O–H groups in total. The monoisotopic (exact) mass is 551 g/mol. The molecule has 0 aliphatic heterocycles. The van der Waals surface area contributed by atoms with E-state index in [4.69, 9.17) is 0 Å². The number of guanidine groups is 1. The Labute approximate surface area is 195 Å². The van der Waals surface area contributed by atoms with Crippen LogP contribution in [0.4, 0.5) is 19.0 Å². The van der Waals surface area contributed by atoms with E-state index in [0.29, 0.717) is 18.3 Å². The number of benzene rings is 1. The van der Waals surface area contributed by atoms with E-state index >= 15 is 0 Å². The third-order valence-electron chi connectivity index (χ3n) is 3.75. The smallest absolute Gasteiger partial charge is 0.405 e. The van der Waals surface area contributed by atoms with Gasteiger partial charge >= 0.3 is 6.36 Å². The van der Waals surface area contributed by atoms with Crippen molar-refractivity contribution in [2.24, 2.45) is 4.99 Å². The number of carbonyl (C=O) groups excluding carboxylic acids is 1. The zero-order chi connectivity index (χ0) is 22.0. The highest BCUT2D eigenvalue weighted by molar-refractivity contribution is 14.0. The highest BCUT2D eigenvalue weighted by atomic mass is 127. The molecule has 1 aromatic heterocycles. The second-order valence-corrected chi connectivity index (χ2v) is 6.24. The second kappa shape index (κ2) is 13.0. The van der Waals surface area contributed by atoms with Crippen LogP contribution in [-0.4, -0.2) is 36.3 Å². The van der Waals surface area contributed by atoms with E-state index in [1.165, 1.54) is 18.2 Å². The number of aromatic nitrogens is 1. The number of halogens is 4. The summed E-state index contributed by atoms with van der Waals surface area (Å²) in [6.45, 7) is 4.49. The van der Waals surface area contributed by atoms with Crippen molar-refractivity contribution < 1.29 is 22.7 Å². The minimum absolute atomic E-state index is 0. The molecule has 0 saturated carbocycles. The molecule has 0 aliphatic carbocycles. The summed E-state index contributed by atoms with van der Waals surface area (Å²) in [4.78, 5) is 20.5. The third-order valence-corrected chi connectivity index (χ3v) is 3.75. The molecule has 1 amide bonds. The van der Waals surface area contributed by atoms with Crippen LogP contribution in [0.1, 0.15) is 24.6 Å². The predicted octanol–water partition coefficient (Wildman–Crippen LogP) is 3.99. The Morgan fingerprint density at radius 1 is 1.13 bits per heavy atom. The Balaban J connectivity index is 0.00000480. The lowest BCUT2D eigenvalue weighted by atomic mass is 10.2. The second-order valence-electron chi connectivity index (χ2n) is 6.24. The maximum absolute atomic E-state index is 12.5. The Bertz CT molecular complexity index is 878. The quantitative estimate of drug-likeness (QED) is 0.263. The molecule has 2 rings (SSSR count). The lowest BCUT2D eigenvalue weighted by Gasteiger charge is -2.14. The fourth-order valence-corrected chi connectivity index (χ4v) is 2.48. The van der Waals surface area contributed by atoms with Gasteiger partial charge in [-0.2, -0.15) is 0 Å². The van der Waals surface area contributed by atoms with Crippen molar-refractivity contribution in [3.05, 3.63) is 53.7 Å². The van der Waals surface area contributed by atoms with Gasteiger partial charge in [-0.1, -0.05) is 24.3 Å². The highest BCUT2D eigenvalue weighted by Gasteiger charge is 2.31. The Kier molecular flexibility index (Phi) is 11.1. The van der Waals surface area contributed by atoms with Gasteiger partial charge in [0.25, 0.3) is 0 Å². The summed E-state index contributed by atoms with van der Waals surface area (Å²) in [7, 11) is 0. The van der Waals surface area contributed by atoms with Crippen molar-refractivity contribution in [2.75, 3.05) is 18.4 Å². The fraction of sp³-hybridized carbons (Fsp3) is 0.350. The van der Waals surface area contributed by atoms with Crippen LogP contribution in [0.25, 0.3) is 0 Å². The lowest BCUT2D eigenvalue weighted by molar-refractivity contribution is -0.274. The van der Waals surface area contributed by atoms with Crippen molar-refractivity contribution in [1.29, 1.82) is 0 Å². The maximum atomic E-state index is 12.5. The van der Waals surface area contributed by atoms with Crippen molar-refractivity contribution >= 4 is 41.7 Å². The molecule has 0 fully saturated rings. The van der Waals surface area contributed by atoms with Gasteiger partial charge in [-0.25, -0.2) is 9.98 Å². The fourth-order valence-electron chi connectivity index (χ4n) is 2.48. The Morgan fingerprint density at radius 3 is 2.55 bits per heavy atom. The van der Waals surface area contributed by atoms with Crippen LogP contribution in [0, 0.1) is 6.92 Å². The Morgan fingerprint density at radius 2 is 1.87 bits per heavy atom. The van der Waals surface area contributed by atoms with E-state index in [1.807, 2.05) is 19.9 Å². The number of alkyl halides is 3. The number of ether oxygens (including phenoxy) is 1. The van der Waals surface area contributed by atoms with E-state index in [0.717, 1.165) is 5.69 Å². The minimum Gasteiger partial charge on any atom is -0.405 e. The summed E-state index contributed by atoms with van der Waals surface area (Å²) in [6.07, 6.45) is -4.62. The number of anilines is 1. The molecule has 1 aromatic carbocycles. The van der Waals surface area contributed by atoms with E-state index in [1.54, 1.807) is 18.2 Å². The molecule has 1 heterocycles. The SMILES string of the molecule is CCNC(=NCc1ccccc1OC(F)(F)F)NCCC(=O)Nc1cccc(C)n1.I. The number of nitrogens with zero attached hydrogens (tertiary/aromatic N) is 2. The van der Waals surface area contributed by atoms with Gasteiger partial charge in [-0.15, -0.1) is 37.1 Å². The van der Waals surface area contributed by atoms with Gasteiger partial charge in [0.15, 0.2) is 5.96 Å². The first kappa shape index (κ1) is 26.5. The number of aryl methyl sites for hydroxylation is 1. The zero-order valence-corrected chi connectivity index (χ0v) is 19.5. The topological polar surface area (TPSA) is 87.6 Å². The lowest BCUT2D eigenvalue weighted by Crippen LogP contribution is -2.38. The number of pyridine rings is 1. The maximum Gasteiger partial charge on any atom is 0.573 e. The Hall–Kier alpha value is -2.57. The van der Waals surface area contributed by atoms with E-state index < -0.39 is 6.36 Å². The van der Waals surface area contributed by atoms with Crippen LogP contribution in [0.3, 0.4) is 0 Å². The van der Waals surface area contributed by atoms with Crippen LogP contribution >= 0.6 is 24.0 Å². The number of hydrogen-bond acceptors (Lipinski definition) is 4. The molecule has 0 spiro atoms. The van der Waals surface area contributed by atoms with Crippen LogP contribution in [0.15, 0.2) is 47.5 Å². The first-order chi connectivity index (χ1) is 14.3. The van der Waals surface area contributed by atoms with Gasteiger partial charge in [0.05, 0.1) is 6.54 Å². The largest absolute Gasteiger partial charge is 0.573 e. The van der Waals surface area contributed by atoms with Crippen molar-refractivity contribution in [3.8, 4) is 5.75 Å². The molecule has 0 unspecified atom stereocenters. The summed E-state index contributed by atoms with van der Waals surface area (Å²) in [5.41, 5.74) is 1.08. The van der Waals surface area contributed by atoms with Crippen molar-refractivity contribution in [2.45, 2.75) is 33.2 Å². The van der Waals surface area contributed by atoms with Gasteiger partial charge in [0.2, 0.25) is 5.91 Å². The third kappa shape index (κ3) is 10.3. The number of nitrogens with one attached hydrogen (secondary N) is 3. The summed E-state index contributed by atoms with van der Waals surface area (Å²) in [5.74, 6) is 0.331. The molecule has 170 valence electrons. The van der Waals surface area contributed by atoms with E-state index in [-0.39, 0.29) is 60.7 Å². The number of amides is 1. The molecule has 11 heteroatoms.